The van der Waals surface area contributed by atoms with E-state index in [0.717, 1.165) is 4.90 Å². The number of likely N-dealkylation sites (tertiary alicyclic amines) is 1. The Balaban J connectivity index is 1.34. The SMILES string of the molecule is CC(=O)CSC1CC(=O)N(CCOCCOC[C@@]23CO[C@H](O2)[C@@H](NC(C)=O)[C@@H](O)[C@H]3O)C1=O. The summed E-state index contributed by atoms with van der Waals surface area (Å²) in [6.45, 7) is 3.24. The summed E-state index contributed by atoms with van der Waals surface area (Å²) >= 11 is 1.18. The predicted molar refractivity (Wildman–Crippen MR) is 113 cm³/mol. The first-order valence-electron chi connectivity index (χ1n) is 10.7. The molecule has 0 saturated carbocycles. The lowest BCUT2D eigenvalue weighted by molar-refractivity contribution is -0.238. The summed E-state index contributed by atoms with van der Waals surface area (Å²) in [6.07, 6.45) is -3.40. The molecule has 186 valence electrons. The number of carbonyl (C=O) groups excluding carboxylic acids is 4. The van der Waals surface area contributed by atoms with Crippen LogP contribution in [0.25, 0.3) is 0 Å². The first-order chi connectivity index (χ1) is 15.6. The van der Waals surface area contributed by atoms with Crippen molar-refractivity contribution >= 4 is 35.3 Å². The molecule has 3 aliphatic heterocycles. The number of carbonyl (C=O) groups is 4. The number of hydrogen-bond donors (Lipinski definition) is 3. The number of nitrogens with zero attached hydrogens (tertiary/aromatic N) is 1. The van der Waals surface area contributed by atoms with Crippen LogP contribution in [0.5, 0.6) is 0 Å². The van der Waals surface area contributed by atoms with Gasteiger partial charge in [0.05, 0.1) is 50.6 Å². The Labute approximate surface area is 195 Å². The van der Waals surface area contributed by atoms with Gasteiger partial charge < -0.3 is 34.5 Å². The molecule has 0 aromatic carbocycles. The highest BCUT2D eigenvalue weighted by Crippen LogP contribution is 2.37. The molecular weight excluding hydrogens is 460 g/mol. The Kier molecular flexibility index (Phi) is 8.83. The fourth-order valence-corrected chi connectivity index (χ4v) is 4.90. The van der Waals surface area contributed by atoms with Crippen molar-refractivity contribution in [1.29, 1.82) is 0 Å². The number of nitrogens with one attached hydrogen (secondary N) is 1. The average Bonchev–Trinajstić information content (AvgIpc) is 3.28. The van der Waals surface area contributed by atoms with E-state index in [9.17, 15) is 29.4 Å². The van der Waals surface area contributed by atoms with Gasteiger partial charge >= 0.3 is 0 Å². The van der Waals surface area contributed by atoms with Gasteiger partial charge in [0.1, 0.15) is 29.6 Å². The van der Waals surface area contributed by atoms with Gasteiger partial charge in [0, 0.05) is 13.3 Å². The Morgan fingerprint density at radius 2 is 1.94 bits per heavy atom. The van der Waals surface area contributed by atoms with Gasteiger partial charge in [-0.3, -0.25) is 24.1 Å². The van der Waals surface area contributed by atoms with Gasteiger partial charge in [0.15, 0.2) is 6.29 Å². The van der Waals surface area contributed by atoms with E-state index in [-0.39, 0.29) is 75.3 Å². The molecule has 0 aromatic heterocycles. The molecule has 3 aliphatic rings. The third kappa shape index (κ3) is 6.10. The minimum atomic E-state index is -1.32. The van der Waals surface area contributed by atoms with Gasteiger partial charge in [-0.1, -0.05) is 0 Å². The number of amides is 3. The summed E-state index contributed by atoms with van der Waals surface area (Å²) in [5, 5.41) is 22.8. The van der Waals surface area contributed by atoms with E-state index in [2.05, 4.69) is 5.32 Å². The standard InChI is InChI=1S/C20H30N2O10S/c1-11(23)8-33-13-7-14(25)22(18(13)28)3-4-29-5-6-30-9-20-10-31-19(32-20)15(21-12(2)24)16(26)17(20)27/h13,15-17,19,26-27H,3-10H2,1-2H3,(H,21,24)/t13?,15-,16+,17+,19+,20-/m0/s1. The van der Waals surface area contributed by atoms with Gasteiger partial charge in [-0.25, -0.2) is 0 Å². The monoisotopic (exact) mass is 490 g/mol. The fourth-order valence-electron chi connectivity index (χ4n) is 3.93. The number of aliphatic hydroxyl groups excluding tert-OH is 2. The van der Waals surface area contributed by atoms with Crippen LogP contribution in [-0.2, 0) is 38.1 Å². The summed E-state index contributed by atoms with van der Waals surface area (Å²) in [6, 6.07) is -0.882. The Bertz CT molecular complexity index is 767. The molecule has 0 radical (unpaired) electrons. The highest BCUT2D eigenvalue weighted by atomic mass is 32.2. The maximum Gasteiger partial charge on any atom is 0.242 e. The van der Waals surface area contributed by atoms with Crippen molar-refractivity contribution in [2.45, 2.75) is 55.7 Å². The molecule has 3 heterocycles. The Hall–Kier alpha value is -1.61. The van der Waals surface area contributed by atoms with Gasteiger partial charge in [-0.15, -0.1) is 11.8 Å². The highest BCUT2D eigenvalue weighted by Gasteiger charge is 2.59. The second-order valence-electron chi connectivity index (χ2n) is 8.28. The molecule has 0 aliphatic carbocycles. The maximum atomic E-state index is 12.3. The second kappa shape index (κ2) is 11.2. The van der Waals surface area contributed by atoms with Crippen LogP contribution < -0.4 is 5.32 Å². The van der Waals surface area contributed by atoms with E-state index in [4.69, 9.17) is 18.9 Å². The molecule has 3 N–H and O–H groups in total. The van der Waals surface area contributed by atoms with Crippen molar-refractivity contribution in [2.75, 3.05) is 45.3 Å². The smallest absolute Gasteiger partial charge is 0.242 e. The maximum absolute atomic E-state index is 12.3. The minimum absolute atomic E-state index is 0.00513. The minimum Gasteiger partial charge on any atom is -0.388 e. The van der Waals surface area contributed by atoms with Crippen molar-refractivity contribution in [3.8, 4) is 0 Å². The number of ketones is 1. The van der Waals surface area contributed by atoms with Crippen LogP contribution in [0.1, 0.15) is 20.3 Å². The number of rotatable bonds is 12. The molecule has 3 fully saturated rings. The zero-order valence-corrected chi connectivity index (χ0v) is 19.4. The lowest BCUT2D eigenvalue weighted by atomic mass is 9.88. The Morgan fingerprint density at radius 3 is 2.64 bits per heavy atom. The third-order valence-corrected chi connectivity index (χ3v) is 6.95. The van der Waals surface area contributed by atoms with Crippen molar-refractivity contribution in [3.63, 3.8) is 0 Å². The van der Waals surface area contributed by atoms with Crippen molar-refractivity contribution in [3.05, 3.63) is 0 Å². The van der Waals surface area contributed by atoms with E-state index in [1.807, 2.05) is 0 Å². The Morgan fingerprint density at radius 1 is 1.21 bits per heavy atom. The van der Waals surface area contributed by atoms with Gasteiger partial charge in [0.25, 0.3) is 0 Å². The molecule has 3 rings (SSSR count). The number of thioether (sulfide) groups is 1. The van der Waals surface area contributed by atoms with E-state index in [1.54, 1.807) is 0 Å². The number of imide groups is 1. The normalized spacial score (nSPS) is 33.6. The third-order valence-electron chi connectivity index (χ3n) is 5.60. The fraction of sp³-hybridized carbons (Fsp3) is 0.800. The molecule has 3 saturated heterocycles. The molecule has 12 nitrogen and oxygen atoms in total. The number of aliphatic hydroxyl groups is 2. The van der Waals surface area contributed by atoms with Crippen LogP contribution in [0.3, 0.4) is 0 Å². The molecule has 6 atom stereocenters. The number of fused-ring (bicyclic) bond motifs is 2. The lowest BCUT2D eigenvalue weighted by Crippen LogP contribution is -2.66. The van der Waals surface area contributed by atoms with E-state index in [1.165, 1.54) is 25.6 Å². The van der Waals surface area contributed by atoms with Gasteiger partial charge in [-0.05, 0) is 6.92 Å². The number of ether oxygens (including phenoxy) is 4. The zero-order valence-electron chi connectivity index (χ0n) is 18.6. The largest absolute Gasteiger partial charge is 0.388 e. The molecule has 0 aromatic rings. The van der Waals surface area contributed by atoms with Crippen LogP contribution in [0.2, 0.25) is 0 Å². The van der Waals surface area contributed by atoms with E-state index < -0.39 is 35.4 Å². The molecule has 33 heavy (non-hydrogen) atoms. The molecular formula is C20H30N2O10S. The first kappa shape index (κ1) is 26.0. The number of hydrogen-bond acceptors (Lipinski definition) is 11. The topological polar surface area (TPSA) is 161 Å². The molecule has 2 bridgehead atoms. The zero-order chi connectivity index (χ0) is 24.2. The summed E-state index contributed by atoms with van der Waals surface area (Å²) < 4.78 is 22.2. The van der Waals surface area contributed by atoms with Crippen molar-refractivity contribution in [2.24, 2.45) is 0 Å². The van der Waals surface area contributed by atoms with Gasteiger partial charge in [-0.2, -0.15) is 0 Å². The predicted octanol–water partition coefficient (Wildman–Crippen LogP) is -2.18. The van der Waals surface area contributed by atoms with Crippen LogP contribution in [0.15, 0.2) is 0 Å². The van der Waals surface area contributed by atoms with Crippen LogP contribution in [0.4, 0.5) is 0 Å². The summed E-state index contributed by atoms with van der Waals surface area (Å²) in [7, 11) is 0. The lowest BCUT2D eigenvalue weighted by Gasteiger charge is -2.42. The molecule has 1 unspecified atom stereocenters. The molecule has 3 amide bonds. The first-order valence-corrected chi connectivity index (χ1v) is 11.7. The summed E-state index contributed by atoms with van der Waals surface area (Å²) in [5.74, 6) is -0.818. The highest BCUT2D eigenvalue weighted by molar-refractivity contribution is 8.01. The quantitative estimate of drug-likeness (QED) is 0.201. The molecule has 13 heteroatoms. The number of Topliss-reactive ketones (excluding diaryl/α,β-unsaturated/α-hetero) is 1. The van der Waals surface area contributed by atoms with E-state index >= 15 is 0 Å². The second-order valence-corrected chi connectivity index (χ2v) is 9.47. The molecule has 0 spiro atoms. The van der Waals surface area contributed by atoms with Gasteiger partial charge in [0.2, 0.25) is 17.7 Å². The van der Waals surface area contributed by atoms with Crippen LogP contribution in [-0.4, -0.2) is 119 Å². The van der Waals surface area contributed by atoms with Crippen LogP contribution in [0, 0.1) is 0 Å². The van der Waals surface area contributed by atoms with Crippen LogP contribution >= 0.6 is 11.8 Å². The van der Waals surface area contributed by atoms with E-state index in [0.29, 0.717) is 0 Å². The summed E-state index contributed by atoms with van der Waals surface area (Å²) in [5.41, 5.74) is -1.25. The van der Waals surface area contributed by atoms with Crippen molar-refractivity contribution in [1.82, 2.24) is 10.2 Å². The van der Waals surface area contributed by atoms with Crippen molar-refractivity contribution < 1.29 is 48.3 Å². The average molecular weight is 491 g/mol. The summed E-state index contributed by atoms with van der Waals surface area (Å²) in [4.78, 5) is 47.8.